The summed E-state index contributed by atoms with van der Waals surface area (Å²) in [6.45, 7) is 29.8. The van der Waals surface area contributed by atoms with Crippen molar-refractivity contribution in [3.05, 3.63) is 78.8 Å². The Morgan fingerprint density at radius 2 is 1.15 bits per heavy atom. The van der Waals surface area contributed by atoms with Gasteiger partial charge < -0.3 is 0 Å². The van der Waals surface area contributed by atoms with Gasteiger partial charge in [-0.1, -0.05) is 125 Å². The van der Waals surface area contributed by atoms with E-state index in [1.54, 1.807) is 0 Å². The Labute approximate surface area is 219 Å². The van der Waals surface area contributed by atoms with E-state index in [4.69, 9.17) is 0 Å². The van der Waals surface area contributed by atoms with Gasteiger partial charge in [-0.05, 0) is 50.9 Å². The van der Waals surface area contributed by atoms with Crippen molar-refractivity contribution >= 4 is 29.2 Å². The monoisotopic (exact) mass is 495 g/mol. The van der Waals surface area contributed by atoms with Crippen LogP contribution in [0.15, 0.2) is 63.5 Å². The van der Waals surface area contributed by atoms with Gasteiger partial charge in [0, 0.05) is 23.0 Å². The highest BCUT2D eigenvalue weighted by atomic mass is 32.2. The Morgan fingerprint density at radius 1 is 0.706 bits per heavy atom. The lowest BCUT2D eigenvalue weighted by Crippen LogP contribution is -2.14. The number of thioether (sulfide) groups is 1. The lowest BCUT2D eigenvalue weighted by atomic mass is 9.91. The summed E-state index contributed by atoms with van der Waals surface area (Å²) in [6.07, 6.45) is 13.7. The van der Waals surface area contributed by atoms with Gasteiger partial charge in [-0.2, -0.15) is 0 Å². The molecule has 2 heterocycles. The first-order valence-corrected chi connectivity index (χ1v) is 14.1. The zero-order valence-electron chi connectivity index (χ0n) is 23.9. The van der Waals surface area contributed by atoms with Crippen LogP contribution in [0.5, 0.6) is 0 Å². The van der Waals surface area contributed by atoms with Gasteiger partial charge in [-0.15, -0.1) is 0 Å². The minimum Gasteiger partial charge on any atom is -0.0978 e. The number of allylic oxidation sites excluding steroid dienone is 9. The van der Waals surface area contributed by atoms with E-state index in [0.29, 0.717) is 0 Å². The van der Waals surface area contributed by atoms with Crippen LogP contribution in [0.3, 0.4) is 0 Å². The fourth-order valence-electron chi connectivity index (χ4n) is 3.23. The fourth-order valence-corrected chi connectivity index (χ4v) is 5.70. The molecule has 0 amide bonds. The molecule has 0 radical (unpaired) electrons. The second-order valence-electron chi connectivity index (χ2n) is 13.6. The van der Waals surface area contributed by atoms with Gasteiger partial charge in [-0.3, -0.25) is 0 Å². The van der Waals surface area contributed by atoms with Gasteiger partial charge in [0.15, 0.2) is 0 Å². The van der Waals surface area contributed by atoms with Crippen LogP contribution in [0.2, 0.25) is 0 Å². The molecule has 0 fully saturated rings. The highest BCUT2D eigenvalue weighted by molar-refractivity contribution is 8.06. The van der Waals surface area contributed by atoms with Crippen LogP contribution in [0.4, 0.5) is 0 Å². The molecule has 34 heavy (non-hydrogen) atoms. The molecule has 1 aromatic rings. The summed E-state index contributed by atoms with van der Waals surface area (Å²) >= 11 is 3.89. The van der Waals surface area contributed by atoms with E-state index in [0.717, 1.165) is 0 Å². The van der Waals surface area contributed by atoms with Crippen molar-refractivity contribution in [2.75, 3.05) is 0 Å². The normalized spacial score (nSPS) is 16.6. The molecule has 0 nitrogen and oxygen atoms in total. The third-order valence-electron chi connectivity index (χ3n) is 5.67. The van der Waals surface area contributed by atoms with Crippen LogP contribution in [0.25, 0.3) is 6.08 Å². The van der Waals surface area contributed by atoms with Crippen molar-refractivity contribution in [2.45, 2.75) is 101 Å². The van der Waals surface area contributed by atoms with Crippen LogP contribution >= 0.6 is 23.1 Å². The molecule has 0 bridgehead atoms. The Morgan fingerprint density at radius 3 is 1.53 bits per heavy atom. The minimum absolute atomic E-state index is 0.150. The molecule has 186 valence electrons. The first-order valence-electron chi connectivity index (χ1n) is 12.4. The van der Waals surface area contributed by atoms with E-state index in [2.05, 4.69) is 139 Å². The predicted octanol–water partition coefficient (Wildman–Crippen LogP) is 11.1. The van der Waals surface area contributed by atoms with E-state index >= 15 is 0 Å². The van der Waals surface area contributed by atoms with Gasteiger partial charge in [0.1, 0.15) is 0 Å². The maximum Gasteiger partial charge on any atom is 0.219 e. The van der Waals surface area contributed by atoms with Crippen LogP contribution in [0.1, 0.15) is 105 Å². The second-order valence-corrected chi connectivity index (χ2v) is 15.8. The quantitative estimate of drug-likeness (QED) is 0.297. The topological polar surface area (TPSA) is 0 Å². The zero-order valence-corrected chi connectivity index (χ0v) is 25.6. The van der Waals surface area contributed by atoms with Crippen molar-refractivity contribution in [3.63, 3.8) is 0 Å². The predicted molar refractivity (Wildman–Crippen MR) is 160 cm³/mol. The molecule has 0 aromatic carbocycles. The summed E-state index contributed by atoms with van der Waals surface area (Å²) < 4.78 is 0. The molecule has 0 aliphatic carbocycles. The Bertz CT molecular complexity index is 980. The highest BCUT2D eigenvalue weighted by Crippen LogP contribution is 2.48. The molecule has 1 aliphatic heterocycles. The van der Waals surface area contributed by atoms with Crippen LogP contribution in [0, 0.1) is 10.8 Å². The van der Waals surface area contributed by atoms with Gasteiger partial charge >= 0.3 is 0 Å². The van der Waals surface area contributed by atoms with Gasteiger partial charge in [0.2, 0.25) is 21.1 Å². The average molecular weight is 496 g/mol. The van der Waals surface area contributed by atoms with Crippen LogP contribution < -0.4 is 0 Å². The molecule has 0 N–H and O–H groups in total. The number of hydrogen-bond acceptors (Lipinski definition) is 1. The maximum atomic E-state index is 2.36. The molecule has 0 unspecified atom stereocenters. The second kappa shape index (κ2) is 10.3. The smallest absolute Gasteiger partial charge is 0.0978 e. The van der Waals surface area contributed by atoms with Crippen molar-refractivity contribution in [1.29, 1.82) is 0 Å². The largest absolute Gasteiger partial charge is 0.219 e. The van der Waals surface area contributed by atoms with E-state index < -0.39 is 0 Å². The summed E-state index contributed by atoms with van der Waals surface area (Å²) in [5, 5.41) is 0. The van der Waals surface area contributed by atoms with Gasteiger partial charge in [-0.25, -0.2) is 0 Å². The van der Waals surface area contributed by atoms with E-state index in [9.17, 15) is 0 Å². The number of hydrogen-bond donors (Lipinski definition) is 0. The molecule has 1 aliphatic rings. The van der Waals surface area contributed by atoms with Crippen molar-refractivity contribution < 1.29 is 0 Å². The number of rotatable bonds is 3. The molecular weight excluding hydrogens is 448 g/mol. The Balaban J connectivity index is 2.40. The summed E-state index contributed by atoms with van der Waals surface area (Å²) in [7, 11) is 0. The standard InChI is InChI=1S/C32H47S2/c1-22(14-16-23-18-25(29(2,3)4)33-26(19-23)30(5,6)7)15-17-24-20-27(31(8,9)10)34-28(21-24)32(11,12)13/h14-21H,1-13H3/q+1. The van der Waals surface area contributed by atoms with Crippen molar-refractivity contribution in [1.82, 2.24) is 0 Å². The summed E-state index contributed by atoms with van der Waals surface area (Å²) in [6, 6.07) is 4.72. The third kappa shape index (κ3) is 8.38. The molecule has 2 heteroatoms. The van der Waals surface area contributed by atoms with Crippen LogP contribution in [-0.2, 0) is 10.8 Å². The lowest BCUT2D eigenvalue weighted by Gasteiger charge is -2.31. The first-order chi connectivity index (χ1) is 15.3. The molecule has 1 aromatic heterocycles. The SMILES string of the molecule is CC(C=Cc1cc(C(C)(C)C)[s+]c(C(C)(C)C)c1)=CC=C1C=C(C(C)(C)C)SC(C(C)(C)C)=C1. The fraction of sp³-hybridized carbons (Fsp3) is 0.531. The summed E-state index contributed by atoms with van der Waals surface area (Å²) in [5.74, 6) is 0. The van der Waals surface area contributed by atoms with Gasteiger partial charge in [0.05, 0.1) is 0 Å². The highest BCUT2D eigenvalue weighted by Gasteiger charge is 2.31. The summed E-state index contributed by atoms with van der Waals surface area (Å²) in [4.78, 5) is 5.73. The molecule has 0 saturated heterocycles. The molecule has 0 saturated carbocycles. The average Bonchev–Trinajstić information content (AvgIpc) is 2.67. The Hall–Kier alpha value is -1.38. The van der Waals surface area contributed by atoms with Gasteiger partial charge in [0.25, 0.3) is 0 Å². The zero-order chi connectivity index (χ0) is 26.1. The summed E-state index contributed by atoms with van der Waals surface area (Å²) in [5.41, 5.74) is 4.42. The molecule has 0 atom stereocenters. The maximum absolute atomic E-state index is 2.36. The van der Waals surface area contributed by atoms with E-state index in [1.165, 1.54) is 36.3 Å². The van der Waals surface area contributed by atoms with Crippen LogP contribution in [-0.4, -0.2) is 0 Å². The molecule has 0 spiro atoms. The first kappa shape index (κ1) is 28.9. The van der Waals surface area contributed by atoms with Crippen molar-refractivity contribution in [2.24, 2.45) is 10.8 Å². The van der Waals surface area contributed by atoms with Crippen molar-refractivity contribution in [3.8, 4) is 0 Å². The Kier molecular flexibility index (Phi) is 8.75. The van der Waals surface area contributed by atoms with E-state index in [1.807, 2.05) is 23.1 Å². The minimum atomic E-state index is 0.150. The lowest BCUT2D eigenvalue weighted by molar-refractivity contribution is 0.521. The third-order valence-corrected chi connectivity index (χ3v) is 9.47. The molecular formula is C32H47S2+. The van der Waals surface area contributed by atoms with E-state index in [-0.39, 0.29) is 21.7 Å². The molecule has 2 rings (SSSR count).